The van der Waals surface area contributed by atoms with Gasteiger partial charge in [-0.2, -0.15) is 0 Å². The summed E-state index contributed by atoms with van der Waals surface area (Å²) < 4.78 is 19.0. The molecule has 1 aliphatic heterocycles. The van der Waals surface area contributed by atoms with Crippen LogP contribution in [0.1, 0.15) is 23.2 Å². The summed E-state index contributed by atoms with van der Waals surface area (Å²) in [6, 6.07) is 17.6. The smallest absolute Gasteiger partial charge is 0.191 e. The van der Waals surface area contributed by atoms with Gasteiger partial charge in [-0.05, 0) is 37.4 Å². The number of morpholine rings is 1. The Kier molecular flexibility index (Phi) is 11.4. The highest BCUT2D eigenvalue weighted by atomic mass is 127. The lowest BCUT2D eigenvalue weighted by Gasteiger charge is -2.35. The average molecular weight is 555 g/mol. The number of likely N-dealkylation sites (N-methyl/N-ethyl adjacent to an activating group) is 1. The number of halogens is 2. The number of aliphatic imine (C=N–C) groups is 1. The van der Waals surface area contributed by atoms with Crippen LogP contribution in [-0.2, 0) is 4.74 Å². The van der Waals surface area contributed by atoms with E-state index in [2.05, 4.69) is 63.8 Å². The van der Waals surface area contributed by atoms with Crippen molar-refractivity contribution in [2.45, 2.75) is 12.1 Å². The summed E-state index contributed by atoms with van der Waals surface area (Å²) in [5.41, 5.74) is 2.34. The molecule has 0 spiro atoms. The van der Waals surface area contributed by atoms with Crippen LogP contribution in [0.5, 0.6) is 0 Å². The molecule has 2 aromatic rings. The molecule has 6 nitrogen and oxygen atoms in total. The SMILES string of the molecule is CN=C(NCC(c1ccccc1)N(C)C)NCC(c1ccc(F)cc1)N1CCOCC1.I. The molecule has 0 aromatic heterocycles. The van der Waals surface area contributed by atoms with Gasteiger partial charge in [-0.25, -0.2) is 4.39 Å². The molecule has 1 fully saturated rings. The molecule has 0 radical (unpaired) electrons. The predicted octanol–water partition coefficient (Wildman–Crippen LogP) is 3.28. The lowest BCUT2D eigenvalue weighted by molar-refractivity contribution is 0.0170. The molecular weight excluding hydrogens is 520 g/mol. The summed E-state index contributed by atoms with van der Waals surface area (Å²) in [7, 11) is 5.95. The third-order valence-electron chi connectivity index (χ3n) is 5.70. The highest BCUT2D eigenvalue weighted by Crippen LogP contribution is 2.22. The van der Waals surface area contributed by atoms with Crippen molar-refractivity contribution in [2.75, 3.05) is 60.5 Å². The molecule has 2 aromatic carbocycles. The fourth-order valence-corrected chi connectivity index (χ4v) is 3.91. The second kappa shape index (κ2) is 13.7. The first kappa shape index (κ1) is 26.5. The van der Waals surface area contributed by atoms with Crippen molar-refractivity contribution in [3.63, 3.8) is 0 Å². The van der Waals surface area contributed by atoms with Crippen LogP contribution in [0.25, 0.3) is 0 Å². The molecule has 176 valence electrons. The maximum Gasteiger partial charge on any atom is 0.191 e. The summed E-state index contributed by atoms with van der Waals surface area (Å²) in [6.07, 6.45) is 0. The molecule has 2 unspecified atom stereocenters. The first-order valence-corrected chi connectivity index (χ1v) is 10.8. The summed E-state index contributed by atoms with van der Waals surface area (Å²) >= 11 is 0. The van der Waals surface area contributed by atoms with Gasteiger partial charge in [0.25, 0.3) is 0 Å². The van der Waals surface area contributed by atoms with E-state index in [-0.39, 0.29) is 41.9 Å². The van der Waals surface area contributed by atoms with E-state index in [9.17, 15) is 4.39 Å². The second-order valence-corrected chi connectivity index (χ2v) is 7.94. The van der Waals surface area contributed by atoms with Crippen LogP contribution in [0.2, 0.25) is 0 Å². The standard InChI is InChI=1S/C24H34FN5O.HI/c1-26-24(27-17-22(29(2)3)19-7-5-4-6-8-19)28-18-23(30-13-15-31-16-14-30)20-9-11-21(25)12-10-20;/h4-12,22-23H,13-18H2,1-3H3,(H2,26,27,28);1H. The van der Waals surface area contributed by atoms with E-state index in [4.69, 9.17) is 4.74 Å². The topological polar surface area (TPSA) is 52.1 Å². The Bertz CT molecular complexity index is 813. The minimum Gasteiger partial charge on any atom is -0.379 e. The summed E-state index contributed by atoms with van der Waals surface area (Å²) in [4.78, 5) is 8.99. The van der Waals surface area contributed by atoms with Crippen LogP contribution in [0.3, 0.4) is 0 Å². The van der Waals surface area contributed by atoms with Crippen LogP contribution >= 0.6 is 24.0 Å². The largest absolute Gasteiger partial charge is 0.379 e. The van der Waals surface area contributed by atoms with Crippen LogP contribution < -0.4 is 10.6 Å². The van der Waals surface area contributed by atoms with E-state index >= 15 is 0 Å². The zero-order chi connectivity index (χ0) is 22.1. The van der Waals surface area contributed by atoms with Gasteiger partial charge in [0.15, 0.2) is 5.96 Å². The molecule has 32 heavy (non-hydrogen) atoms. The lowest BCUT2D eigenvalue weighted by atomic mass is 10.0. The van der Waals surface area contributed by atoms with Crippen LogP contribution in [0, 0.1) is 5.82 Å². The van der Waals surface area contributed by atoms with Crippen LogP contribution in [0.4, 0.5) is 4.39 Å². The Labute approximate surface area is 208 Å². The number of hydrogen-bond acceptors (Lipinski definition) is 4. The predicted molar refractivity (Wildman–Crippen MR) is 139 cm³/mol. The van der Waals surface area contributed by atoms with Crippen molar-refractivity contribution in [1.29, 1.82) is 0 Å². The van der Waals surface area contributed by atoms with E-state index in [1.54, 1.807) is 7.05 Å². The molecule has 0 saturated carbocycles. The zero-order valence-corrected chi connectivity index (χ0v) is 21.5. The van der Waals surface area contributed by atoms with Crippen molar-refractivity contribution < 1.29 is 9.13 Å². The minimum atomic E-state index is -0.217. The van der Waals surface area contributed by atoms with Gasteiger partial charge in [-0.1, -0.05) is 42.5 Å². The number of hydrogen-bond donors (Lipinski definition) is 2. The molecule has 1 saturated heterocycles. The van der Waals surface area contributed by atoms with Gasteiger partial charge in [-0.3, -0.25) is 9.89 Å². The van der Waals surface area contributed by atoms with Gasteiger partial charge < -0.3 is 20.3 Å². The quantitative estimate of drug-likeness (QED) is 0.298. The summed E-state index contributed by atoms with van der Waals surface area (Å²) in [6.45, 7) is 4.54. The highest BCUT2D eigenvalue weighted by molar-refractivity contribution is 14.0. The molecule has 1 aliphatic rings. The Morgan fingerprint density at radius 2 is 1.62 bits per heavy atom. The first-order valence-electron chi connectivity index (χ1n) is 10.8. The molecule has 0 amide bonds. The van der Waals surface area contributed by atoms with Gasteiger partial charge in [0, 0.05) is 33.2 Å². The molecular formula is C24H35FIN5O. The summed E-state index contributed by atoms with van der Waals surface area (Å²) in [5, 5.41) is 6.93. The molecule has 1 heterocycles. The second-order valence-electron chi connectivity index (χ2n) is 7.94. The van der Waals surface area contributed by atoms with Crippen molar-refractivity contribution in [2.24, 2.45) is 4.99 Å². The number of ether oxygens (including phenoxy) is 1. The normalized spacial score (nSPS) is 16.8. The maximum atomic E-state index is 13.5. The Morgan fingerprint density at radius 3 is 2.22 bits per heavy atom. The fraction of sp³-hybridized carbons (Fsp3) is 0.458. The number of rotatable bonds is 8. The lowest BCUT2D eigenvalue weighted by Crippen LogP contribution is -2.47. The van der Waals surface area contributed by atoms with E-state index in [1.165, 1.54) is 17.7 Å². The van der Waals surface area contributed by atoms with Crippen molar-refractivity contribution in [3.8, 4) is 0 Å². The van der Waals surface area contributed by atoms with Gasteiger partial charge in [-0.15, -0.1) is 24.0 Å². The molecule has 0 bridgehead atoms. The molecule has 8 heteroatoms. The number of benzene rings is 2. The van der Waals surface area contributed by atoms with Crippen LogP contribution in [-0.4, -0.2) is 76.3 Å². The third kappa shape index (κ3) is 7.68. The number of nitrogens with one attached hydrogen (secondary N) is 2. The highest BCUT2D eigenvalue weighted by Gasteiger charge is 2.23. The number of guanidine groups is 1. The number of nitrogens with zero attached hydrogens (tertiary/aromatic N) is 3. The van der Waals surface area contributed by atoms with E-state index in [0.717, 1.165) is 31.2 Å². The molecule has 3 rings (SSSR count). The minimum absolute atomic E-state index is 0. The van der Waals surface area contributed by atoms with E-state index in [1.807, 2.05) is 18.2 Å². The van der Waals surface area contributed by atoms with Gasteiger partial charge >= 0.3 is 0 Å². The van der Waals surface area contributed by atoms with Crippen molar-refractivity contribution in [3.05, 3.63) is 71.5 Å². The Hall–Kier alpha value is -1.75. The molecule has 2 atom stereocenters. The molecule has 0 aliphatic carbocycles. The Morgan fingerprint density at radius 1 is 1.00 bits per heavy atom. The fourth-order valence-electron chi connectivity index (χ4n) is 3.91. The van der Waals surface area contributed by atoms with E-state index < -0.39 is 0 Å². The van der Waals surface area contributed by atoms with Gasteiger partial charge in [0.2, 0.25) is 0 Å². The van der Waals surface area contributed by atoms with Crippen molar-refractivity contribution in [1.82, 2.24) is 20.4 Å². The van der Waals surface area contributed by atoms with Crippen LogP contribution in [0.15, 0.2) is 59.6 Å². The van der Waals surface area contributed by atoms with E-state index in [0.29, 0.717) is 19.8 Å². The van der Waals surface area contributed by atoms with Gasteiger partial charge in [0.05, 0.1) is 25.3 Å². The zero-order valence-electron chi connectivity index (χ0n) is 19.1. The summed E-state index contributed by atoms with van der Waals surface area (Å²) in [5.74, 6) is 0.536. The molecule has 2 N–H and O–H groups in total. The monoisotopic (exact) mass is 555 g/mol. The van der Waals surface area contributed by atoms with Crippen molar-refractivity contribution >= 4 is 29.9 Å². The third-order valence-corrected chi connectivity index (χ3v) is 5.70. The average Bonchev–Trinajstić information content (AvgIpc) is 2.80. The first-order chi connectivity index (χ1) is 15.1. The maximum absolute atomic E-state index is 13.5. The van der Waals surface area contributed by atoms with Gasteiger partial charge in [0.1, 0.15) is 5.82 Å². The Balaban J connectivity index is 0.00000363.